The van der Waals surface area contributed by atoms with Crippen molar-refractivity contribution < 1.29 is 9.53 Å². The normalized spacial score (nSPS) is 18.7. The summed E-state index contributed by atoms with van der Waals surface area (Å²) < 4.78 is 5.22. The summed E-state index contributed by atoms with van der Waals surface area (Å²) in [5.74, 6) is 0.851. The highest BCUT2D eigenvalue weighted by Gasteiger charge is 2.24. The number of methoxy groups -OCH3 is 1. The number of likely N-dealkylation sites (tertiary alicyclic amines) is 1. The fourth-order valence-corrected chi connectivity index (χ4v) is 3.06. The molecule has 1 aromatic rings. The molecule has 0 radical (unpaired) electrons. The zero-order valence-corrected chi connectivity index (χ0v) is 13.8. The van der Waals surface area contributed by atoms with Gasteiger partial charge in [0.15, 0.2) is 0 Å². The van der Waals surface area contributed by atoms with Gasteiger partial charge in [-0.15, -0.1) is 0 Å². The first-order chi connectivity index (χ1) is 11.2. The van der Waals surface area contributed by atoms with Crippen LogP contribution in [-0.4, -0.2) is 37.6 Å². The Bertz CT molecular complexity index is 536. The van der Waals surface area contributed by atoms with Gasteiger partial charge in [0, 0.05) is 12.6 Å². The quantitative estimate of drug-likeness (QED) is 0.820. The Kier molecular flexibility index (Phi) is 6.89. The molecule has 23 heavy (non-hydrogen) atoms. The van der Waals surface area contributed by atoms with Crippen molar-refractivity contribution in [1.82, 2.24) is 10.2 Å². The average molecular weight is 315 g/mol. The number of hydrogen-bond acceptors (Lipinski definition) is 4. The van der Waals surface area contributed by atoms with Crippen LogP contribution >= 0.6 is 0 Å². The molecule has 0 bridgehead atoms. The summed E-state index contributed by atoms with van der Waals surface area (Å²) in [5.41, 5.74) is 1.23. The fraction of sp³-hybridized carbons (Fsp3) is 0.556. The van der Waals surface area contributed by atoms with Crippen LogP contribution in [0.3, 0.4) is 0 Å². The van der Waals surface area contributed by atoms with E-state index in [4.69, 9.17) is 10.00 Å². The van der Waals surface area contributed by atoms with Gasteiger partial charge in [-0.05, 0) is 37.1 Å². The number of hydrogen-bond donors (Lipinski definition) is 1. The summed E-state index contributed by atoms with van der Waals surface area (Å²) >= 11 is 0. The second kappa shape index (κ2) is 9.16. The Morgan fingerprint density at radius 1 is 1.35 bits per heavy atom. The molecule has 1 aromatic carbocycles. The van der Waals surface area contributed by atoms with E-state index < -0.39 is 0 Å². The molecule has 0 saturated carbocycles. The molecule has 1 fully saturated rings. The summed E-state index contributed by atoms with van der Waals surface area (Å²) in [6, 6.07) is 10.5. The smallest absolute Gasteiger partial charge is 0.234 e. The van der Waals surface area contributed by atoms with E-state index in [0.29, 0.717) is 19.5 Å². The SMILES string of the molecule is COc1ccc([C@@H]2CCCCCN2CC(=O)NCCC#N)cc1. The van der Waals surface area contributed by atoms with Crippen molar-refractivity contribution in [3.63, 3.8) is 0 Å². The van der Waals surface area contributed by atoms with Crippen LogP contribution in [0.25, 0.3) is 0 Å². The Balaban J connectivity index is 2.03. The van der Waals surface area contributed by atoms with Crippen LogP contribution in [0.5, 0.6) is 5.75 Å². The number of nitrogens with one attached hydrogen (secondary N) is 1. The number of rotatable bonds is 6. The lowest BCUT2D eigenvalue weighted by Crippen LogP contribution is -2.39. The van der Waals surface area contributed by atoms with Crippen molar-refractivity contribution in [3.05, 3.63) is 29.8 Å². The summed E-state index contributed by atoms with van der Waals surface area (Å²) in [7, 11) is 1.67. The molecule has 0 unspecified atom stereocenters. The van der Waals surface area contributed by atoms with Crippen molar-refractivity contribution in [2.24, 2.45) is 0 Å². The van der Waals surface area contributed by atoms with Crippen molar-refractivity contribution in [2.75, 3.05) is 26.7 Å². The monoisotopic (exact) mass is 315 g/mol. The molecule has 1 aliphatic rings. The molecule has 1 aliphatic heterocycles. The number of amides is 1. The summed E-state index contributed by atoms with van der Waals surface area (Å²) in [6.45, 7) is 1.75. The van der Waals surface area contributed by atoms with Gasteiger partial charge in [0.2, 0.25) is 5.91 Å². The minimum atomic E-state index is 0.000613. The zero-order valence-electron chi connectivity index (χ0n) is 13.8. The molecule has 1 saturated heterocycles. The Labute approximate surface area is 138 Å². The van der Waals surface area contributed by atoms with Gasteiger partial charge in [0.1, 0.15) is 5.75 Å². The van der Waals surface area contributed by atoms with Gasteiger partial charge in [-0.2, -0.15) is 5.26 Å². The van der Waals surface area contributed by atoms with Crippen LogP contribution in [0, 0.1) is 11.3 Å². The topological polar surface area (TPSA) is 65.4 Å². The van der Waals surface area contributed by atoms with Gasteiger partial charge in [0.05, 0.1) is 26.1 Å². The average Bonchev–Trinajstić information content (AvgIpc) is 2.80. The number of carbonyl (C=O) groups excluding carboxylic acids is 1. The van der Waals surface area contributed by atoms with E-state index in [0.717, 1.165) is 25.1 Å². The first kappa shape index (κ1) is 17.3. The van der Waals surface area contributed by atoms with E-state index in [2.05, 4.69) is 22.3 Å². The van der Waals surface area contributed by atoms with E-state index >= 15 is 0 Å². The highest BCUT2D eigenvalue weighted by molar-refractivity contribution is 5.78. The van der Waals surface area contributed by atoms with E-state index in [1.807, 2.05) is 18.2 Å². The molecule has 1 heterocycles. The highest BCUT2D eigenvalue weighted by Crippen LogP contribution is 2.30. The Morgan fingerprint density at radius 3 is 2.83 bits per heavy atom. The summed E-state index contributed by atoms with van der Waals surface area (Å²) in [6.07, 6.45) is 4.94. The second-order valence-electron chi connectivity index (χ2n) is 5.87. The number of carbonyl (C=O) groups is 1. The standard InChI is InChI=1S/C18H25N3O2/c1-23-16-9-7-15(8-10-16)17-6-3-2-4-13-21(17)14-18(22)20-12-5-11-19/h7-10,17H,2-6,12-14H2,1H3,(H,20,22)/t17-/m0/s1. The largest absolute Gasteiger partial charge is 0.497 e. The van der Waals surface area contributed by atoms with E-state index in [1.54, 1.807) is 7.11 Å². The van der Waals surface area contributed by atoms with Gasteiger partial charge in [-0.1, -0.05) is 25.0 Å². The van der Waals surface area contributed by atoms with Gasteiger partial charge >= 0.3 is 0 Å². The fourth-order valence-electron chi connectivity index (χ4n) is 3.06. The molecule has 0 spiro atoms. The van der Waals surface area contributed by atoms with Crippen molar-refractivity contribution in [1.29, 1.82) is 5.26 Å². The predicted molar refractivity (Wildman–Crippen MR) is 89.0 cm³/mol. The molecule has 5 heteroatoms. The summed E-state index contributed by atoms with van der Waals surface area (Å²) in [4.78, 5) is 14.4. The first-order valence-corrected chi connectivity index (χ1v) is 8.26. The van der Waals surface area contributed by atoms with Gasteiger partial charge in [-0.25, -0.2) is 0 Å². The lowest BCUT2D eigenvalue weighted by molar-refractivity contribution is -0.122. The molecule has 0 aromatic heterocycles. The lowest BCUT2D eigenvalue weighted by Gasteiger charge is -2.29. The third-order valence-electron chi connectivity index (χ3n) is 4.27. The Hall–Kier alpha value is -2.06. The molecular weight excluding hydrogens is 290 g/mol. The minimum absolute atomic E-state index is 0.000613. The molecule has 1 N–H and O–H groups in total. The highest BCUT2D eigenvalue weighted by atomic mass is 16.5. The van der Waals surface area contributed by atoms with E-state index in [-0.39, 0.29) is 11.9 Å². The van der Waals surface area contributed by atoms with Crippen molar-refractivity contribution in [2.45, 2.75) is 38.1 Å². The maximum absolute atomic E-state index is 12.1. The van der Waals surface area contributed by atoms with Crippen LogP contribution in [0.15, 0.2) is 24.3 Å². The number of benzene rings is 1. The lowest BCUT2D eigenvalue weighted by atomic mass is 10.0. The maximum atomic E-state index is 12.1. The molecule has 5 nitrogen and oxygen atoms in total. The number of nitriles is 1. The van der Waals surface area contributed by atoms with Crippen LogP contribution in [0.4, 0.5) is 0 Å². The zero-order chi connectivity index (χ0) is 16.5. The number of ether oxygens (including phenoxy) is 1. The van der Waals surface area contributed by atoms with Crippen LogP contribution in [0.2, 0.25) is 0 Å². The molecule has 0 aliphatic carbocycles. The van der Waals surface area contributed by atoms with Crippen LogP contribution in [0.1, 0.15) is 43.7 Å². The summed E-state index contributed by atoms with van der Waals surface area (Å²) in [5, 5.41) is 11.4. The third kappa shape index (κ3) is 5.26. The maximum Gasteiger partial charge on any atom is 0.234 e. The van der Waals surface area contributed by atoms with Crippen LogP contribution in [-0.2, 0) is 4.79 Å². The molecule has 124 valence electrons. The molecular formula is C18H25N3O2. The predicted octanol–water partition coefficient (Wildman–Crippen LogP) is 2.64. The van der Waals surface area contributed by atoms with Gasteiger partial charge in [-0.3, -0.25) is 9.69 Å². The molecule has 1 amide bonds. The van der Waals surface area contributed by atoms with Crippen LogP contribution < -0.4 is 10.1 Å². The van der Waals surface area contributed by atoms with Gasteiger partial charge in [0.25, 0.3) is 0 Å². The van der Waals surface area contributed by atoms with E-state index in [1.165, 1.54) is 18.4 Å². The molecule has 2 rings (SSSR count). The van der Waals surface area contributed by atoms with Gasteiger partial charge < -0.3 is 10.1 Å². The van der Waals surface area contributed by atoms with Crippen molar-refractivity contribution >= 4 is 5.91 Å². The Morgan fingerprint density at radius 2 is 2.13 bits per heavy atom. The third-order valence-corrected chi connectivity index (χ3v) is 4.27. The first-order valence-electron chi connectivity index (χ1n) is 8.26. The molecule has 1 atom stereocenters. The minimum Gasteiger partial charge on any atom is -0.497 e. The van der Waals surface area contributed by atoms with E-state index in [9.17, 15) is 4.79 Å². The van der Waals surface area contributed by atoms with Crippen molar-refractivity contribution in [3.8, 4) is 11.8 Å². The number of nitrogens with zero attached hydrogens (tertiary/aromatic N) is 2. The second-order valence-corrected chi connectivity index (χ2v) is 5.87.